The van der Waals surface area contributed by atoms with Gasteiger partial charge in [-0.25, -0.2) is 0 Å². The van der Waals surface area contributed by atoms with Crippen LogP contribution in [0.4, 0.5) is 5.69 Å². The maximum Gasteiger partial charge on any atom is 0.223 e. The predicted molar refractivity (Wildman–Crippen MR) is 166 cm³/mol. The largest absolute Gasteiger partial charge is 0.493 e. The van der Waals surface area contributed by atoms with E-state index < -0.39 is 12.1 Å². The van der Waals surface area contributed by atoms with Gasteiger partial charge in [-0.2, -0.15) is 0 Å². The van der Waals surface area contributed by atoms with Gasteiger partial charge in [-0.15, -0.1) is 0 Å². The van der Waals surface area contributed by atoms with Crippen molar-refractivity contribution in [2.24, 2.45) is 23.5 Å². The quantitative estimate of drug-likeness (QED) is 0.167. The molecule has 0 heterocycles. The first-order chi connectivity index (χ1) is 19.7. The fraction of sp³-hybridized carbons (Fsp3) is 0.606. The molecule has 0 saturated heterocycles. The lowest BCUT2D eigenvalue weighted by molar-refractivity contribution is -0.128. The number of rotatable bonds is 20. The van der Waals surface area contributed by atoms with E-state index in [2.05, 4.69) is 24.5 Å². The van der Waals surface area contributed by atoms with E-state index in [9.17, 15) is 9.90 Å². The van der Waals surface area contributed by atoms with Crippen LogP contribution in [0.2, 0.25) is 0 Å². The first-order valence-corrected chi connectivity index (χ1v) is 15.0. The van der Waals surface area contributed by atoms with Gasteiger partial charge in [0.05, 0.1) is 32.0 Å². The van der Waals surface area contributed by atoms with Crippen molar-refractivity contribution in [1.29, 1.82) is 0 Å². The maximum absolute atomic E-state index is 13.4. The highest BCUT2D eigenvalue weighted by Gasteiger charge is 2.30. The lowest BCUT2D eigenvalue weighted by atomic mass is 9.86. The zero-order chi connectivity index (χ0) is 30.2. The van der Waals surface area contributed by atoms with E-state index in [1.54, 1.807) is 7.11 Å². The molecule has 41 heavy (non-hydrogen) atoms. The van der Waals surface area contributed by atoms with Crippen molar-refractivity contribution in [2.45, 2.75) is 78.7 Å². The highest BCUT2D eigenvalue weighted by molar-refractivity contribution is 5.79. The van der Waals surface area contributed by atoms with Crippen molar-refractivity contribution in [3.63, 3.8) is 0 Å². The highest BCUT2D eigenvalue weighted by atomic mass is 16.5. The van der Waals surface area contributed by atoms with Gasteiger partial charge in [-0.1, -0.05) is 64.4 Å². The Balaban J connectivity index is 1.89. The van der Waals surface area contributed by atoms with Gasteiger partial charge in [0.25, 0.3) is 0 Å². The van der Waals surface area contributed by atoms with Gasteiger partial charge in [-0.05, 0) is 54.5 Å². The van der Waals surface area contributed by atoms with Crippen molar-refractivity contribution < 1.29 is 24.1 Å². The Morgan fingerprint density at radius 1 is 1.07 bits per heavy atom. The second-order valence-corrected chi connectivity index (χ2v) is 11.4. The number of aliphatic hydroxyl groups excluding tert-OH is 1. The molecular weight excluding hydrogens is 518 g/mol. The van der Waals surface area contributed by atoms with E-state index in [4.69, 9.17) is 19.9 Å². The summed E-state index contributed by atoms with van der Waals surface area (Å²) >= 11 is 0. The molecular formula is C33H53N3O5. The number of hydrogen-bond acceptors (Lipinski definition) is 7. The molecule has 0 aliphatic rings. The average molecular weight is 572 g/mol. The van der Waals surface area contributed by atoms with Crippen LogP contribution < -0.4 is 21.1 Å². The fourth-order valence-electron chi connectivity index (χ4n) is 4.57. The fourth-order valence-corrected chi connectivity index (χ4v) is 4.57. The van der Waals surface area contributed by atoms with Crippen LogP contribution in [0, 0.1) is 24.7 Å². The maximum atomic E-state index is 13.4. The molecule has 0 radical (unpaired) electrons. The number of ether oxygens (including phenoxy) is 3. The number of methoxy groups -OCH3 is 1. The van der Waals surface area contributed by atoms with E-state index in [0.717, 1.165) is 35.4 Å². The highest BCUT2D eigenvalue weighted by Crippen LogP contribution is 2.22. The van der Waals surface area contributed by atoms with Crippen molar-refractivity contribution in [3.05, 3.63) is 59.7 Å². The topological polar surface area (TPSA) is 115 Å². The summed E-state index contributed by atoms with van der Waals surface area (Å²) < 4.78 is 16.8. The SMILES string of the molecule is CC[C@H](C)[C@@H](CNc1ccccc1)NC(=O)[C@@H](C[C@H](O)[C@@H](N)COCc1ccc(C)c(OCCCOC)c1)C(C)C. The van der Waals surface area contributed by atoms with E-state index in [0.29, 0.717) is 32.3 Å². The number of benzene rings is 2. The predicted octanol–water partition coefficient (Wildman–Crippen LogP) is 4.92. The number of nitrogens with two attached hydrogens (primary N) is 1. The van der Waals surface area contributed by atoms with Gasteiger partial charge in [0.15, 0.2) is 0 Å². The molecule has 0 unspecified atom stereocenters. The summed E-state index contributed by atoms with van der Waals surface area (Å²) in [5, 5.41) is 17.6. The lowest BCUT2D eigenvalue weighted by Gasteiger charge is -2.30. The molecule has 0 aliphatic carbocycles. The second kappa shape index (κ2) is 18.7. The molecule has 5 N–H and O–H groups in total. The molecule has 1 amide bonds. The van der Waals surface area contributed by atoms with Crippen LogP contribution in [0.25, 0.3) is 0 Å². The molecule has 0 bridgehead atoms. The molecule has 0 aromatic heterocycles. The molecule has 0 aliphatic heterocycles. The Hall–Kier alpha value is -2.65. The first kappa shape index (κ1) is 34.6. The van der Waals surface area contributed by atoms with Crippen LogP contribution in [-0.2, 0) is 20.9 Å². The molecule has 8 nitrogen and oxygen atoms in total. The summed E-state index contributed by atoms with van der Waals surface area (Å²) in [5.74, 6) is 0.750. The van der Waals surface area contributed by atoms with E-state index >= 15 is 0 Å². The normalized spacial score (nSPS) is 15.1. The Labute approximate surface area is 247 Å². The van der Waals surface area contributed by atoms with Crippen LogP contribution in [-0.4, -0.2) is 62.7 Å². The van der Waals surface area contributed by atoms with Crippen LogP contribution in [0.3, 0.4) is 0 Å². The summed E-state index contributed by atoms with van der Waals surface area (Å²) in [4.78, 5) is 13.4. The van der Waals surface area contributed by atoms with Gasteiger partial charge in [0.1, 0.15) is 5.75 Å². The smallest absolute Gasteiger partial charge is 0.223 e. The molecule has 5 atom stereocenters. The van der Waals surface area contributed by atoms with Crippen LogP contribution in [0.15, 0.2) is 48.5 Å². The number of aryl methyl sites for hydroxylation is 1. The van der Waals surface area contributed by atoms with Crippen LogP contribution >= 0.6 is 0 Å². The third-order valence-corrected chi connectivity index (χ3v) is 7.67. The zero-order valence-corrected chi connectivity index (χ0v) is 25.9. The van der Waals surface area contributed by atoms with Crippen LogP contribution in [0.1, 0.15) is 58.1 Å². The standard InChI is InChI=1S/C33H53N3O5/c1-7-24(4)30(20-35-27-12-9-8-10-13-27)36-33(38)28(23(2)3)19-31(37)29(34)22-40-21-26-15-14-25(5)32(18-26)41-17-11-16-39-6/h8-10,12-15,18,23-24,28-31,35,37H,7,11,16-17,19-22,34H2,1-6H3,(H,36,38)/t24-,28-,29-,30+,31-/m0/s1. The number of anilines is 1. The Morgan fingerprint density at radius 3 is 2.46 bits per heavy atom. The molecule has 8 heteroatoms. The summed E-state index contributed by atoms with van der Waals surface area (Å²) in [6.07, 6.45) is 1.18. The third-order valence-electron chi connectivity index (χ3n) is 7.67. The molecule has 2 aromatic carbocycles. The number of aliphatic hydroxyl groups is 1. The second-order valence-electron chi connectivity index (χ2n) is 11.4. The van der Waals surface area contributed by atoms with Crippen molar-refractivity contribution in [3.8, 4) is 5.75 Å². The van der Waals surface area contributed by atoms with E-state index in [1.165, 1.54) is 0 Å². The number of amides is 1. The molecule has 0 spiro atoms. The van der Waals surface area contributed by atoms with Gasteiger partial charge in [0, 0.05) is 44.3 Å². The first-order valence-electron chi connectivity index (χ1n) is 15.0. The minimum absolute atomic E-state index is 0.0357. The summed E-state index contributed by atoms with van der Waals surface area (Å²) in [6, 6.07) is 15.3. The van der Waals surface area contributed by atoms with Crippen molar-refractivity contribution in [2.75, 3.05) is 38.8 Å². The zero-order valence-electron chi connectivity index (χ0n) is 25.9. The Morgan fingerprint density at radius 2 is 1.80 bits per heavy atom. The molecule has 230 valence electrons. The average Bonchev–Trinajstić information content (AvgIpc) is 2.97. The van der Waals surface area contributed by atoms with Crippen LogP contribution in [0.5, 0.6) is 5.75 Å². The molecule has 2 rings (SSSR count). The van der Waals surface area contributed by atoms with Crippen molar-refractivity contribution in [1.82, 2.24) is 5.32 Å². The van der Waals surface area contributed by atoms with Crippen molar-refractivity contribution >= 4 is 11.6 Å². The monoisotopic (exact) mass is 571 g/mol. The van der Waals surface area contributed by atoms with Gasteiger partial charge in [-0.3, -0.25) is 4.79 Å². The van der Waals surface area contributed by atoms with Gasteiger partial charge >= 0.3 is 0 Å². The van der Waals surface area contributed by atoms with Gasteiger partial charge < -0.3 is 35.7 Å². The summed E-state index contributed by atoms with van der Waals surface area (Å²) in [7, 11) is 1.68. The molecule has 0 fully saturated rings. The number of carbonyl (C=O) groups excluding carboxylic acids is 1. The number of carbonyl (C=O) groups is 1. The lowest BCUT2D eigenvalue weighted by Crippen LogP contribution is -2.49. The van der Waals surface area contributed by atoms with Gasteiger partial charge in [0.2, 0.25) is 5.91 Å². The Bertz CT molecular complexity index is 1000. The number of nitrogens with one attached hydrogen (secondary N) is 2. The molecule has 0 saturated carbocycles. The number of para-hydroxylation sites is 1. The Kier molecular flexibility index (Phi) is 15.8. The third kappa shape index (κ3) is 12.4. The van der Waals surface area contributed by atoms with E-state index in [1.807, 2.05) is 69.3 Å². The minimum atomic E-state index is -0.865. The minimum Gasteiger partial charge on any atom is -0.493 e. The number of hydrogen-bond donors (Lipinski definition) is 4. The summed E-state index contributed by atoms with van der Waals surface area (Å²) in [6.45, 7) is 12.7. The molecule has 2 aromatic rings. The summed E-state index contributed by atoms with van der Waals surface area (Å²) in [5.41, 5.74) is 9.36. The van der Waals surface area contributed by atoms with E-state index in [-0.39, 0.29) is 36.8 Å².